The van der Waals surface area contributed by atoms with Gasteiger partial charge in [-0.15, -0.1) is 0 Å². The highest BCUT2D eigenvalue weighted by Crippen LogP contribution is 2.47. The molecule has 11 nitrogen and oxygen atoms in total. The van der Waals surface area contributed by atoms with Crippen LogP contribution >= 0.6 is 0 Å². The van der Waals surface area contributed by atoms with Crippen LogP contribution in [0.15, 0.2) is 212 Å². The van der Waals surface area contributed by atoms with E-state index in [2.05, 4.69) is 95.2 Å². The third-order valence-electron chi connectivity index (χ3n) is 14.5. The molecule has 0 atom stereocenters. The Labute approximate surface area is 458 Å². The van der Waals surface area contributed by atoms with Gasteiger partial charge in [0, 0.05) is 66.1 Å². The van der Waals surface area contributed by atoms with E-state index in [0.29, 0.717) is 39.7 Å². The number of nitriles is 2. The Morgan fingerprint density at radius 3 is 1.36 bits per heavy atom. The second-order valence-electron chi connectivity index (χ2n) is 18.9. The number of nitrogens with zero attached hydrogens (tertiary/aromatic N) is 11. The van der Waals surface area contributed by atoms with Gasteiger partial charge in [-0.05, 0) is 83.4 Å². The summed E-state index contributed by atoms with van der Waals surface area (Å²) in [6, 6.07) is 73.3. The predicted molar refractivity (Wildman–Crippen MR) is 316 cm³/mol. The van der Waals surface area contributed by atoms with Gasteiger partial charge in [0.1, 0.15) is 0 Å². The molecule has 80 heavy (non-hydrogen) atoms. The SMILES string of the molecule is [C-]#[N+]c1cc(C#N)c(-c2ccc3c(c2)c2ccccc2n3-c2cc(-c3nc(-c4ccccc4)nc(-c4ccccc4)n3)ccc2-c2ccccc2-n2c3ccccc3c3cc(-c4c([N+]#[C-])cc(C#N)cc4[N+]#[C-])ccc32)c([N+]#[C-])c1. The lowest BCUT2D eigenvalue weighted by Gasteiger charge is -2.20. The molecule has 0 N–H and O–H groups in total. The molecule has 11 heteroatoms. The molecule has 0 bridgehead atoms. The number of hydrogen-bond donors (Lipinski definition) is 0. The first kappa shape index (κ1) is 47.5. The maximum Gasteiger partial charge on any atom is 0.186 e. The Kier molecular flexibility index (Phi) is 11.5. The zero-order chi connectivity index (χ0) is 54.4. The number of rotatable bonds is 8. The van der Waals surface area contributed by atoms with Crippen LogP contribution in [0.3, 0.4) is 0 Å². The Morgan fingerprint density at radius 2 is 0.812 bits per heavy atom. The van der Waals surface area contributed by atoms with Gasteiger partial charge < -0.3 is 9.13 Å². The lowest BCUT2D eigenvalue weighted by molar-refractivity contribution is 1.07. The van der Waals surface area contributed by atoms with Gasteiger partial charge >= 0.3 is 0 Å². The van der Waals surface area contributed by atoms with Crippen LogP contribution in [0.4, 0.5) is 22.7 Å². The summed E-state index contributed by atoms with van der Waals surface area (Å²) in [5, 5.41) is 23.9. The van der Waals surface area contributed by atoms with Gasteiger partial charge in [-0.2, -0.15) is 10.5 Å². The second-order valence-corrected chi connectivity index (χ2v) is 18.9. The number of benzene rings is 10. The van der Waals surface area contributed by atoms with E-state index in [4.69, 9.17) is 41.2 Å². The predicted octanol–water partition coefficient (Wildman–Crippen LogP) is 18.0. The Hall–Kier alpha value is -12.3. The smallest absolute Gasteiger partial charge is 0.186 e. The molecule has 0 amide bonds. The van der Waals surface area contributed by atoms with Crippen molar-refractivity contribution >= 4 is 66.4 Å². The molecule has 0 saturated heterocycles. The summed E-state index contributed by atoms with van der Waals surface area (Å²) in [7, 11) is 0. The lowest BCUT2D eigenvalue weighted by Crippen LogP contribution is -2.03. The van der Waals surface area contributed by atoms with Crippen LogP contribution < -0.4 is 0 Å². The van der Waals surface area contributed by atoms with Crippen molar-refractivity contribution in [1.29, 1.82) is 10.5 Å². The first-order chi connectivity index (χ1) is 39.4. The van der Waals surface area contributed by atoms with Crippen LogP contribution in [-0.4, -0.2) is 24.1 Å². The molecule has 366 valence electrons. The normalized spacial score (nSPS) is 10.9. The molecular weight excluding hydrogens is 983 g/mol. The molecular formula is C69H35N11. The Bertz CT molecular complexity index is 4900. The topological polar surface area (TPSA) is 114 Å². The van der Waals surface area contributed by atoms with Gasteiger partial charge in [0.2, 0.25) is 0 Å². The minimum absolute atomic E-state index is 0.226. The Morgan fingerprint density at radius 1 is 0.350 bits per heavy atom. The first-order valence-corrected chi connectivity index (χ1v) is 25.2. The molecule has 10 aromatic carbocycles. The van der Waals surface area contributed by atoms with Crippen molar-refractivity contribution in [2.75, 3.05) is 0 Å². The van der Waals surface area contributed by atoms with Crippen LogP contribution in [0.1, 0.15) is 11.1 Å². The van der Waals surface area contributed by atoms with E-state index < -0.39 is 0 Å². The molecule has 13 rings (SSSR count). The molecule has 3 heterocycles. The molecule has 13 aromatic rings. The molecule has 0 aliphatic heterocycles. The van der Waals surface area contributed by atoms with Crippen LogP contribution in [0.25, 0.3) is 142 Å². The van der Waals surface area contributed by atoms with E-state index >= 15 is 0 Å². The molecule has 0 aliphatic carbocycles. The van der Waals surface area contributed by atoms with Crippen molar-refractivity contribution in [3.63, 3.8) is 0 Å². The summed E-state index contributed by atoms with van der Waals surface area (Å²) >= 11 is 0. The zero-order valence-electron chi connectivity index (χ0n) is 42.1. The number of fused-ring (bicyclic) bond motifs is 6. The largest absolute Gasteiger partial charge is 0.309 e. The number of aromatic nitrogens is 5. The van der Waals surface area contributed by atoms with E-state index in [1.807, 2.05) is 133 Å². The van der Waals surface area contributed by atoms with Crippen LogP contribution in [0, 0.1) is 49.0 Å². The summed E-state index contributed by atoms with van der Waals surface area (Å²) in [6.07, 6.45) is 0. The molecule has 0 radical (unpaired) electrons. The summed E-state index contributed by atoms with van der Waals surface area (Å²) in [5.74, 6) is 1.53. The molecule has 3 aromatic heterocycles. The lowest BCUT2D eigenvalue weighted by atomic mass is 9.96. The molecule has 0 spiro atoms. The van der Waals surface area contributed by atoms with Gasteiger partial charge in [-0.3, -0.25) is 0 Å². The van der Waals surface area contributed by atoms with Gasteiger partial charge in [0.25, 0.3) is 0 Å². The summed E-state index contributed by atoms with van der Waals surface area (Å²) in [4.78, 5) is 30.3. The van der Waals surface area contributed by atoms with Crippen LogP contribution in [0.5, 0.6) is 0 Å². The van der Waals surface area contributed by atoms with Crippen molar-refractivity contribution in [3.8, 4) is 91.1 Å². The molecule has 0 unspecified atom stereocenters. The van der Waals surface area contributed by atoms with Gasteiger partial charge in [-0.25, -0.2) is 34.3 Å². The fraction of sp³-hybridized carbons (Fsp3) is 0. The highest BCUT2D eigenvalue weighted by Gasteiger charge is 2.24. The highest BCUT2D eigenvalue weighted by molar-refractivity contribution is 6.13. The fourth-order valence-corrected chi connectivity index (χ4v) is 11.0. The van der Waals surface area contributed by atoms with Gasteiger partial charge in [0.15, 0.2) is 40.2 Å². The minimum Gasteiger partial charge on any atom is -0.309 e. The molecule has 0 saturated carbocycles. The zero-order valence-corrected chi connectivity index (χ0v) is 42.1. The second kappa shape index (κ2) is 19.5. The Balaban J connectivity index is 1.08. The van der Waals surface area contributed by atoms with E-state index in [1.165, 1.54) is 24.3 Å². The monoisotopic (exact) mass is 1020 g/mol. The molecule has 0 fully saturated rings. The van der Waals surface area contributed by atoms with Crippen molar-refractivity contribution in [1.82, 2.24) is 24.1 Å². The highest BCUT2D eigenvalue weighted by atomic mass is 15.0. The van der Waals surface area contributed by atoms with Gasteiger partial charge in [0.05, 0.1) is 71.9 Å². The summed E-state index contributed by atoms with van der Waals surface area (Å²) < 4.78 is 4.51. The van der Waals surface area contributed by atoms with Crippen molar-refractivity contribution < 1.29 is 0 Å². The third-order valence-corrected chi connectivity index (χ3v) is 14.5. The van der Waals surface area contributed by atoms with E-state index in [9.17, 15) is 10.5 Å². The van der Waals surface area contributed by atoms with Crippen LogP contribution in [-0.2, 0) is 0 Å². The van der Waals surface area contributed by atoms with Gasteiger partial charge in [-0.1, -0.05) is 146 Å². The van der Waals surface area contributed by atoms with Crippen molar-refractivity contribution in [2.45, 2.75) is 0 Å². The quantitative estimate of drug-likeness (QED) is 0.141. The van der Waals surface area contributed by atoms with E-state index in [-0.39, 0.29) is 33.9 Å². The van der Waals surface area contributed by atoms with Crippen LogP contribution in [0.2, 0.25) is 0 Å². The minimum atomic E-state index is 0.226. The maximum absolute atomic E-state index is 10.4. The fourth-order valence-electron chi connectivity index (χ4n) is 11.0. The first-order valence-electron chi connectivity index (χ1n) is 25.2. The average molecular weight is 1020 g/mol. The molecule has 0 aliphatic rings. The van der Waals surface area contributed by atoms with E-state index in [1.54, 1.807) is 0 Å². The number of hydrogen-bond acceptors (Lipinski definition) is 5. The maximum atomic E-state index is 10.4. The van der Waals surface area contributed by atoms with E-state index in [0.717, 1.165) is 82.8 Å². The third kappa shape index (κ3) is 7.82. The van der Waals surface area contributed by atoms with Crippen molar-refractivity contribution in [2.24, 2.45) is 0 Å². The van der Waals surface area contributed by atoms with Crippen molar-refractivity contribution in [3.05, 3.63) is 269 Å². The summed E-state index contributed by atoms with van der Waals surface area (Å²) in [6.45, 7) is 31.9. The summed E-state index contributed by atoms with van der Waals surface area (Å²) in [5.41, 5.74) is 13.3. The standard InChI is InChI=1S/C69H35N11/c1-72-49-35-48(41-71)65(58(39-49)75-4)45-28-31-63-54(36-45)52-23-13-16-26-61(52)80(63)64-38-47(69-77-67(43-17-7-5-8-18-43)76-68(78-69)44-19-9-6-10-20-44)27-30-53(64)50-21-11-14-24-59(50)79-60-25-15-12-22-51(60)55-37-46(29-32-62(55)79)66-56(73-2)33-42(40-70)34-57(66)74-3/h5-39H. The average Bonchev–Trinajstić information content (AvgIpc) is 4.12. The number of para-hydroxylation sites is 3.